The molecule has 2 aromatic heterocycles. The average molecular weight is 172 g/mol. The minimum atomic E-state index is 0.329. The molecule has 2 rings (SSSR count). The molecule has 0 aliphatic rings. The zero-order chi connectivity index (χ0) is 7.84. The number of nitrogens with zero attached hydrogens (tertiary/aromatic N) is 4. The number of fused-ring (bicyclic) bond motifs is 1. The number of hydrogen-bond donors (Lipinski definition) is 1. The Kier molecular flexibility index (Phi) is 1.33. The quantitative estimate of drug-likeness (QED) is 0.662. The Morgan fingerprint density at radius 3 is 3.09 bits per heavy atom. The molecule has 0 saturated heterocycles. The highest BCUT2D eigenvalue weighted by molar-refractivity contribution is 6.28. The molecule has 0 radical (unpaired) electrons. The Morgan fingerprint density at radius 1 is 1.55 bits per heavy atom. The molecule has 0 amide bonds. The highest BCUT2D eigenvalue weighted by Crippen LogP contribution is 2.08. The van der Waals surface area contributed by atoms with Crippen LogP contribution in [0.3, 0.4) is 0 Å². The second-order valence-electron chi connectivity index (χ2n) is 2.08. The lowest BCUT2D eigenvalue weighted by Crippen LogP contribution is -2.11. The van der Waals surface area contributed by atoms with E-state index in [1.165, 1.54) is 0 Å². The normalized spacial score (nSPS) is 11.1. The van der Waals surface area contributed by atoms with Gasteiger partial charge in [0.05, 0.1) is 6.67 Å². The summed E-state index contributed by atoms with van der Waals surface area (Å²) in [6, 6.07) is 1.80. The second kappa shape index (κ2) is 2.21. The molecule has 0 unspecified atom stereocenters. The van der Waals surface area contributed by atoms with Gasteiger partial charge in [0.15, 0.2) is 5.65 Å². The predicted octanol–water partition coefficient (Wildman–Crippen LogP) is 0.100. The summed E-state index contributed by atoms with van der Waals surface area (Å²) in [4.78, 5) is 0. The molecular weight excluding hydrogens is 166 g/mol. The molecule has 0 fully saturated rings. The summed E-state index contributed by atoms with van der Waals surface area (Å²) in [5.74, 6) is 0. The first-order valence-corrected chi connectivity index (χ1v) is 3.47. The van der Waals surface area contributed by atoms with Crippen LogP contribution in [0.1, 0.15) is 0 Å². The molecule has 2 aromatic rings. The average Bonchev–Trinajstić information content (AvgIpc) is 2.54. The summed E-state index contributed by atoms with van der Waals surface area (Å²) in [6.45, 7) is 0.362. The zero-order valence-corrected chi connectivity index (χ0v) is 6.36. The molecule has 0 aliphatic heterocycles. The number of aromatic nitrogens is 4. The smallest absolute Gasteiger partial charge is 0.244 e. The number of rotatable bonds is 1. The van der Waals surface area contributed by atoms with Crippen LogP contribution in [0.2, 0.25) is 5.28 Å². The van der Waals surface area contributed by atoms with E-state index < -0.39 is 0 Å². The lowest BCUT2D eigenvalue weighted by atomic mass is 10.7. The third-order valence-electron chi connectivity index (χ3n) is 1.47. The molecule has 5 nitrogen and oxygen atoms in total. The van der Waals surface area contributed by atoms with E-state index in [1.807, 2.05) is 0 Å². The topological polar surface area (TPSA) is 61.1 Å². The maximum atomic E-state index is 5.71. The van der Waals surface area contributed by atoms with Crippen molar-refractivity contribution >= 4 is 17.2 Å². The standard InChI is InChI=1S/C5H6ClN5/c6-5-9-8-4-1-2-10(3-7)11(4)5/h1-2H,3,7H2. The molecule has 0 bridgehead atoms. The van der Waals surface area contributed by atoms with Gasteiger partial charge in [0.2, 0.25) is 5.28 Å². The molecule has 2 heterocycles. The number of halogens is 1. The van der Waals surface area contributed by atoms with Crippen molar-refractivity contribution in [1.82, 2.24) is 19.4 Å². The van der Waals surface area contributed by atoms with Crippen molar-refractivity contribution in [3.63, 3.8) is 0 Å². The van der Waals surface area contributed by atoms with Crippen molar-refractivity contribution in [3.8, 4) is 0 Å². The van der Waals surface area contributed by atoms with Crippen LogP contribution in [-0.4, -0.2) is 19.4 Å². The molecule has 0 saturated carbocycles. The fourth-order valence-electron chi connectivity index (χ4n) is 0.975. The van der Waals surface area contributed by atoms with Crippen molar-refractivity contribution < 1.29 is 0 Å². The van der Waals surface area contributed by atoms with Crippen LogP contribution >= 0.6 is 11.6 Å². The predicted molar refractivity (Wildman–Crippen MR) is 40.2 cm³/mol. The first-order chi connectivity index (χ1) is 5.33. The molecule has 0 spiro atoms. The zero-order valence-electron chi connectivity index (χ0n) is 5.61. The van der Waals surface area contributed by atoms with Crippen LogP contribution in [0, 0.1) is 0 Å². The third-order valence-corrected chi connectivity index (χ3v) is 1.70. The minimum absolute atomic E-state index is 0.329. The van der Waals surface area contributed by atoms with Crippen LogP contribution in [0.15, 0.2) is 12.3 Å². The number of hydrogen-bond acceptors (Lipinski definition) is 3. The van der Waals surface area contributed by atoms with Crippen molar-refractivity contribution in [2.24, 2.45) is 5.73 Å². The summed E-state index contributed by atoms with van der Waals surface area (Å²) < 4.78 is 3.36. The van der Waals surface area contributed by atoms with Gasteiger partial charge in [-0.25, -0.2) is 4.52 Å². The Balaban J connectivity index is 2.80. The summed E-state index contributed by atoms with van der Waals surface area (Å²) in [6.07, 6.45) is 1.80. The summed E-state index contributed by atoms with van der Waals surface area (Å²) in [5, 5.41) is 7.79. The third kappa shape index (κ3) is 0.816. The fourth-order valence-corrected chi connectivity index (χ4v) is 1.20. The van der Waals surface area contributed by atoms with Crippen LogP contribution in [0.25, 0.3) is 5.65 Å². The Labute approximate surface area is 67.4 Å². The monoisotopic (exact) mass is 171 g/mol. The van der Waals surface area contributed by atoms with E-state index in [4.69, 9.17) is 17.3 Å². The van der Waals surface area contributed by atoms with E-state index in [9.17, 15) is 0 Å². The van der Waals surface area contributed by atoms with E-state index >= 15 is 0 Å². The van der Waals surface area contributed by atoms with E-state index in [1.54, 1.807) is 21.5 Å². The van der Waals surface area contributed by atoms with E-state index in [0.29, 0.717) is 17.6 Å². The first kappa shape index (κ1) is 6.63. The summed E-state index contributed by atoms with van der Waals surface area (Å²) >= 11 is 5.71. The van der Waals surface area contributed by atoms with Crippen molar-refractivity contribution in [2.75, 3.05) is 0 Å². The van der Waals surface area contributed by atoms with E-state index in [-0.39, 0.29) is 0 Å². The van der Waals surface area contributed by atoms with E-state index in [2.05, 4.69) is 10.2 Å². The molecule has 11 heavy (non-hydrogen) atoms. The molecule has 58 valence electrons. The highest BCUT2D eigenvalue weighted by atomic mass is 35.5. The van der Waals surface area contributed by atoms with Gasteiger partial charge < -0.3 is 5.73 Å². The number of nitrogens with two attached hydrogens (primary N) is 1. The fraction of sp³-hybridized carbons (Fsp3) is 0.200. The van der Waals surface area contributed by atoms with Gasteiger partial charge in [-0.3, -0.25) is 4.68 Å². The summed E-state index contributed by atoms with van der Waals surface area (Å²) in [5.41, 5.74) is 6.13. The van der Waals surface area contributed by atoms with Gasteiger partial charge >= 0.3 is 0 Å². The van der Waals surface area contributed by atoms with Crippen molar-refractivity contribution in [2.45, 2.75) is 6.67 Å². The molecule has 6 heteroatoms. The molecule has 0 atom stereocenters. The largest absolute Gasteiger partial charge is 0.312 e. The SMILES string of the molecule is NCn1ccc2nnc(Cl)n21. The van der Waals surface area contributed by atoms with Crippen LogP contribution in [-0.2, 0) is 6.67 Å². The van der Waals surface area contributed by atoms with Gasteiger partial charge in [0.25, 0.3) is 0 Å². The van der Waals surface area contributed by atoms with Crippen LogP contribution < -0.4 is 5.73 Å². The van der Waals surface area contributed by atoms with Gasteiger partial charge in [-0.1, -0.05) is 0 Å². The molecule has 0 aromatic carbocycles. The lowest BCUT2D eigenvalue weighted by Gasteiger charge is -1.98. The summed E-state index contributed by atoms with van der Waals surface area (Å²) in [7, 11) is 0. The van der Waals surface area contributed by atoms with Gasteiger partial charge in [-0.15, -0.1) is 10.2 Å². The van der Waals surface area contributed by atoms with E-state index in [0.717, 1.165) is 0 Å². The molecule has 2 N–H and O–H groups in total. The molecular formula is C5H6ClN5. The lowest BCUT2D eigenvalue weighted by molar-refractivity contribution is 0.598. The van der Waals surface area contributed by atoms with Crippen molar-refractivity contribution in [1.29, 1.82) is 0 Å². The van der Waals surface area contributed by atoms with Crippen LogP contribution in [0.5, 0.6) is 0 Å². The van der Waals surface area contributed by atoms with Gasteiger partial charge in [0, 0.05) is 12.3 Å². The molecule has 0 aliphatic carbocycles. The Morgan fingerprint density at radius 2 is 2.36 bits per heavy atom. The van der Waals surface area contributed by atoms with Gasteiger partial charge in [-0.05, 0) is 11.6 Å². The van der Waals surface area contributed by atoms with Crippen molar-refractivity contribution in [3.05, 3.63) is 17.5 Å². The van der Waals surface area contributed by atoms with Gasteiger partial charge in [-0.2, -0.15) is 0 Å². The van der Waals surface area contributed by atoms with Gasteiger partial charge in [0.1, 0.15) is 0 Å². The minimum Gasteiger partial charge on any atom is -0.312 e. The first-order valence-electron chi connectivity index (χ1n) is 3.09. The maximum absolute atomic E-state index is 5.71. The Bertz CT molecular complexity index is 375. The van der Waals surface area contributed by atoms with Crippen LogP contribution in [0.4, 0.5) is 0 Å². The Hall–Kier alpha value is -1.07. The highest BCUT2D eigenvalue weighted by Gasteiger charge is 2.04. The second-order valence-corrected chi connectivity index (χ2v) is 2.41. The maximum Gasteiger partial charge on any atom is 0.244 e.